The van der Waals surface area contributed by atoms with E-state index in [4.69, 9.17) is 11.6 Å². The van der Waals surface area contributed by atoms with Crippen molar-refractivity contribution in [2.45, 2.75) is 46.1 Å². The molecule has 1 aliphatic carbocycles. The lowest BCUT2D eigenvalue weighted by Crippen LogP contribution is -2.31. The van der Waals surface area contributed by atoms with E-state index in [0.717, 1.165) is 37.0 Å². The molecular weight excluding hydrogens is 436 g/mol. The number of carboxylic acids is 1. The van der Waals surface area contributed by atoms with E-state index in [1.54, 1.807) is 30.9 Å². The molecular formula is C23H25ClN2O4S. The highest BCUT2D eigenvalue weighted by Crippen LogP contribution is 2.27. The first kappa shape index (κ1) is 23.0. The largest absolute Gasteiger partial charge is 0.507 e. The SMILES string of the molecule is Cc1cc(C(=O)N(CCCC2=CCCC=C2)Cc2nc(C(=O)O)c(Cl)s2)cc(C)c1O. The van der Waals surface area contributed by atoms with Crippen molar-refractivity contribution in [1.29, 1.82) is 0 Å². The standard InChI is InChI=1S/C23H25ClN2O4S/c1-14-11-17(12-15(2)20(14)27)22(28)26(10-6-9-16-7-4-3-5-8-16)13-18-25-19(23(29)30)21(24)31-18/h4,7-8,11-12,27H,3,5-6,9-10,13H2,1-2H3,(H,29,30). The van der Waals surface area contributed by atoms with Gasteiger partial charge in [0, 0.05) is 12.1 Å². The molecule has 1 aromatic heterocycles. The van der Waals surface area contributed by atoms with Gasteiger partial charge >= 0.3 is 5.97 Å². The number of amides is 1. The van der Waals surface area contributed by atoms with Crippen molar-refractivity contribution in [3.05, 3.63) is 67.7 Å². The summed E-state index contributed by atoms with van der Waals surface area (Å²) in [5, 5.41) is 19.7. The van der Waals surface area contributed by atoms with Gasteiger partial charge in [-0.25, -0.2) is 9.78 Å². The number of phenols is 1. The maximum atomic E-state index is 13.3. The summed E-state index contributed by atoms with van der Waals surface area (Å²) in [7, 11) is 0. The molecule has 1 heterocycles. The van der Waals surface area contributed by atoms with Gasteiger partial charge in [-0.15, -0.1) is 11.3 Å². The maximum absolute atomic E-state index is 13.3. The number of aromatic nitrogens is 1. The topological polar surface area (TPSA) is 90.7 Å². The third kappa shape index (κ3) is 5.74. The minimum Gasteiger partial charge on any atom is -0.507 e. The summed E-state index contributed by atoms with van der Waals surface area (Å²) in [5.74, 6) is -1.20. The van der Waals surface area contributed by atoms with Crippen LogP contribution in [0.1, 0.15) is 62.7 Å². The maximum Gasteiger partial charge on any atom is 0.356 e. The number of aryl methyl sites for hydroxylation is 2. The first-order valence-corrected chi connectivity index (χ1v) is 11.3. The Kier molecular flexibility index (Phi) is 7.51. The van der Waals surface area contributed by atoms with E-state index in [1.165, 1.54) is 5.57 Å². The number of aromatic carboxylic acids is 1. The van der Waals surface area contributed by atoms with E-state index < -0.39 is 5.97 Å². The lowest BCUT2D eigenvalue weighted by molar-refractivity contribution is 0.0691. The number of rotatable bonds is 8. The second-order valence-corrected chi connectivity index (χ2v) is 9.27. The Bertz CT molecular complexity index is 1030. The molecule has 0 spiro atoms. The average molecular weight is 461 g/mol. The molecule has 6 nitrogen and oxygen atoms in total. The second-order valence-electron chi connectivity index (χ2n) is 7.58. The molecule has 0 bridgehead atoms. The number of benzene rings is 1. The van der Waals surface area contributed by atoms with Crippen molar-refractivity contribution in [3.8, 4) is 5.75 Å². The van der Waals surface area contributed by atoms with Crippen LogP contribution in [0.4, 0.5) is 0 Å². The smallest absolute Gasteiger partial charge is 0.356 e. The molecule has 0 aliphatic heterocycles. The normalized spacial score (nSPS) is 13.2. The fourth-order valence-electron chi connectivity index (χ4n) is 3.55. The van der Waals surface area contributed by atoms with Crippen LogP contribution in [0.3, 0.4) is 0 Å². The number of hydrogen-bond acceptors (Lipinski definition) is 5. The van der Waals surface area contributed by atoms with Crippen LogP contribution in [0, 0.1) is 13.8 Å². The molecule has 1 aliphatic rings. The van der Waals surface area contributed by atoms with Gasteiger partial charge in [0.1, 0.15) is 15.1 Å². The Labute approximate surface area is 190 Å². The molecule has 8 heteroatoms. The van der Waals surface area contributed by atoms with Gasteiger partial charge in [-0.3, -0.25) is 4.79 Å². The first-order chi connectivity index (χ1) is 14.8. The summed E-state index contributed by atoms with van der Waals surface area (Å²) in [6.07, 6.45) is 10.2. The summed E-state index contributed by atoms with van der Waals surface area (Å²) < 4.78 is 0.101. The van der Waals surface area contributed by atoms with Gasteiger partial charge in [0.25, 0.3) is 5.91 Å². The summed E-state index contributed by atoms with van der Waals surface area (Å²) >= 11 is 7.08. The Morgan fingerprint density at radius 1 is 1.23 bits per heavy atom. The molecule has 0 radical (unpaired) electrons. The van der Waals surface area contributed by atoms with Crippen LogP contribution in [0.25, 0.3) is 0 Å². The number of nitrogens with zero attached hydrogens (tertiary/aromatic N) is 2. The fraction of sp³-hybridized carbons (Fsp3) is 0.348. The van der Waals surface area contributed by atoms with Crippen LogP contribution in [-0.4, -0.2) is 38.5 Å². The molecule has 164 valence electrons. The third-order valence-corrected chi connectivity index (χ3v) is 6.39. The van der Waals surface area contributed by atoms with Crippen LogP contribution in [0.5, 0.6) is 5.75 Å². The molecule has 0 saturated carbocycles. The van der Waals surface area contributed by atoms with Crippen LogP contribution >= 0.6 is 22.9 Å². The highest BCUT2D eigenvalue weighted by molar-refractivity contribution is 7.16. The minimum atomic E-state index is -1.19. The highest BCUT2D eigenvalue weighted by atomic mass is 35.5. The van der Waals surface area contributed by atoms with Crippen molar-refractivity contribution in [2.75, 3.05) is 6.54 Å². The molecule has 3 rings (SSSR count). The predicted octanol–water partition coefficient (Wildman–Crippen LogP) is 5.52. The van der Waals surface area contributed by atoms with Crippen molar-refractivity contribution in [2.24, 2.45) is 0 Å². The summed E-state index contributed by atoms with van der Waals surface area (Å²) in [6, 6.07) is 3.34. The predicted molar refractivity (Wildman–Crippen MR) is 122 cm³/mol. The van der Waals surface area contributed by atoms with Crippen LogP contribution < -0.4 is 0 Å². The van der Waals surface area contributed by atoms with Crippen LogP contribution in [0.15, 0.2) is 35.9 Å². The van der Waals surface area contributed by atoms with E-state index in [2.05, 4.69) is 23.2 Å². The number of phenolic OH excluding ortho intramolecular Hbond substituents is 1. The molecule has 1 amide bonds. The highest BCUT2D eigenvalue weighted by Gasteiger charge is 2.22. The number of thiazole rings is 1. The third-order valence-electron chi connectivity index (χ3n) is 5.15. The lowest BCUT2D eigenvalue weighted by Gasteiger charge is -2.23. The van der Waals surface area contributed by atoms with Gasteiger partial charge in [0.05, 0.1) is 6.54 Å². The van der Waals surface area contributed by atoms with E-state index in [1.807, 2.05) is 0 Å². The number of hydrogen-bond donors (Lipinski definition) is 2. The molecule has 2 aromatic rings. The fourth-order valence-corrected chi connectivity index (χ4v) is 4.73. The summed E-state index contributed by atoms with van der Waals surface area (Å²) in [4.78, 5) is 30.4. The number of carbonyl (C=O) groups is 2. The van der Waals surface area contributed by atoms with Gasteiger partial charge in [0.15, 0.2) is 5.69 Å². The van der Waals surface area contributed by atoms with Gasteiger partial charge in [0.2, 0.25) is 0 Å². The zero-order valence-corrected chi connectivity index (χ0v) is 19.1. The van der Waals surface area contributed by atoms with Crippen molar-refractivity contribution >= 4 is 34.8 Å². The molecule has 0 atom stereocenters. The van der Waals surface area contributed by atoms with E-state index in [9.17, 15) is 19.8 Å². The molecule has 0 fully saturated rings. The zero-order valence-electron chi connectivity index (χ0n) is 17.5. The van der Waals surface area contributed by atoms with Crippen LogP contribution in [0.2, 0.25) is 4.34 Å². The van der Waals surface area contributed by atoms with E-state index in [-0.39, 0.29) is 28.2 Å². The van der Waals surface area contributed by atoms with Gasteiger partial charge in [-0.2, -0.15) is 0 Å². The molecule has 0 unspecified atom stereocenters. The Balaban J connectivity index is 1.81. The number of halogens is 1. The summed E-state index contributed by atoms with van der Waals surface area (Å²) in [5.41, 5.74) is 2.81. The Hall–Kier alpha value is -2.64. The quantitative estimate of drug-likeness (QED) is 0.541. The average Bonchev–Trinajstić information content (AvgIpc) is 3.11. The molecule has 31 heavy (non-hydrogen) atoms. The minimum absolute atomic E-state index is 0.101. The van der Waals surface area contributed by atoms with Gasteiger partial charge < -0.3 is 15.1 Å². The Morgan fingerprint density at radius 3 is 2.52 bits per heavy atom. The Morgan fingerprint density at radius 2 is 1.94 bits per heavy atom. The first-order valence-electron chi connectivity index (χ1n) is 10.1. The summed E-state index contributed by atoms with van der Waals surface area (Å²) in [6.45, 7) is 4.17. The second kappa shape index (κ2) is 10.1. The van der Waals surface area contributed by atoms with Gasteiger partial charge in [-0.1, -0.05) is 35.4 Å². The molecule has 0 saturated heterocycles. The van der Waals surface area contributed by atoms with E-state index >= 15 is 0 Å². The van der Waals surface area contributed by atoms with Gasteiger partial charge in [-0.05, 0) is 62.8 Å². The van der Waals surface area contributed by atoms with Crippen molar-refractivity contribution in [3.63, 3.8) is 0 Å². The monoisotopic (exact) mass is 460 g/mol. The molecule has 1 aromatic carbocycles. The van der Waals surface area contributed by atoms with Crippen molar-refractivity contribution in [1.82, 2.24) is 9.88 Å². The number of allylic oxidation sites excluding steroid dienone is 4. The molecule has 2 N–H and O–H groups in total. The lowest BCUT2D eigenvalue weighted by atomic mass is 10.0. The zero-order chi connectivity index (χ0) is 22.5. The number of carbonyl (C=O) groups excluding carboxylic acids is 1. The number of carboxylic acid groups (broad SMARTS) is 1. The van der Waals surface area contributed by atoms with E-state index in [0.29, 0.717) is 28.2 Å². The van der Waals surface area contributed by atoms with Crippen LogP contribution in [-0.2, 0) is 6.54 Å². The number of aromatic hydroxyl groups is 1. The van der Waals surface area contributed by atoms with Crippen molar-refractivity contribution < 1.29 is 19.8 Å².